The smallest absolute Gasteiger partial charge is 0.251 e. The fourth-order valence-corrected chi connectivity index (χ4v) is 3.38. The highest BCUT2D eigenvalue weighted by Gasteiger charge is 2.19. The van der Waals surface area contributed by atoms with Crippen molar-refractivity contribution in [2.75, 3.05) is 0 Å². The van der Waals surface area contributed by atoms with Crippen LogP contribution in [0.15, 0.2) is 36.9 Å². The maximum absolute atomic E-state index is 12.4. The van der Waals surface area contributed by atoms with Gasteiger partial charge in [0, 0.05) is 24.0 Å². The Morgan fingerprint density at radius 3 is 3.00 bits per heavy atom. The van der Waals surface area contributed by atoms with E-state index in [1.807, 2.05) is 12.1 Å². The zero-order valence-corrected chi connectivity index (χ0v) is 13.4. The molecule has 0 aromatic carbocycles. The number of aromatic nitrogens is 5. The topological polar surface area (TPSA) is 77.1 Å². The van der Waals surface area contributed by atoms with Crippen LogP contribution in [-0.4, -0.2) is 30.3 Å². The first kappa shape index (κ1) is 14.9. The van der Waals surface area contributed by atoms with E-state index in [2.05, 4.69) is 25.2 Å². The summed E-state index contributed by atoms with van der Waals surface area (Å²) >= 11 is 0. The van der Waals surface area contributed by atoms with E-state index in [4.69, 9.17) is 0 Å². The SMILES string of the molecule is O=C(NCc1nncn1C1CCCCC1)c1ccn2nccc2c1. The average molecular weight is 324 g/mol. The Balaban J connectivity index is 1.44. The minimum Gasteiger partial charge on any atom is -0.345 e. The third-order valence-corrected chi connectivity index (χ3v) is 4.68. The molecule has 0 bridgehead atoms. The van der Waals surface area contributed by atoms with Gasteiger partial charge < -0.3 is 9.88 Å². The molecular weight excluding hydrogens is 304 g/mol. The first-order chi connectivity index (χ1) is 11.8. The normalized spacial score (nSPS) is 15.7. The Morgan fingerprint density at radius 1 is 1.25 bits per heavy atom. The number of hydrogen-bond acceptors (Lipinski definition) is 4. The lowest BCUT2D eigenvalue weighted by Crippen LogP contribution is -2.26. The molecule has 3 heterocycles. The number of amides is 1. The minimum atomic E-state index is -0.114. The van der Waals surface area contributed by atoms with Gasteiger partial charge in [-0.05, 0) is 31.0 Å². The molecule has 0 aliphatic heterocycles. The molecule has 1 saturated carbocycles. The molecule has 4 rings (SSSR count). The van der Waals surface area contributed by atoms with Gasteiger partial charge in [0.2, 0.25) is 0 Å². The average Bonchev–Trinajstić information content (AvgIpc) is 3.28. The van der Waals surface area contributed by atoms with Gasteiger partial charge in [0.1, 0.15) is 6.33 Å². The summed E-state index contributed by atoms with van der Waals surface area (Å²) in [5.41, 5.74) is 1.51. The van der Waals surface area contributed by atoms with E-state index in [0.29, 0.717) is 18.2 Å². The third-order valence-electron chi connectivity index (χ3n) is 4.68. The highest BCUT2D eigenvalue weighted by molar-refractivity contribution is 5.95. The zero-order valence-electron chi connectivity index (χ0n) is 13.4. The lowest BCUT2D eigenvalue weighted by molar-refractivity contribution is 0.0949. The van der Waals surface area contributed by atoms with Crippen molar-refractivity contribution in [1.29, 1.82) is 0 Å². The molecule has 3 aromatic rings. The van der Waals surface area contributed by atoms with Crippen molar-refractivity contribution in [2.45, 2.75) is 44.7 Å². The summed E-state index contributed by atoms with van der Waals surface area (Å²) in [5.74, 6) is 0.706. The van der Waals surface area contributed by atoms with Crippen LogP contribution in [0.1, 0.15) is 54.3 Å². The molecule has 124 valence electrons. The van der Waals surface area contributed by atoms with Gasteiger partial charge in [0.15, 0.2) is 5.82 Å². The summed E-state index contributed by atoms with van der Waals surface area (Å²) in [7, 11) is 0. The molecule has 7 nitrogen and oxygen atoms in total. The monoisotopic (exact) mass is 324 g/mol. The number of pyridine rings is 1. The largest absolute Gasteiger partial charge is 0.345 e. The van der Waals surface area contributed by atoms with Gasteiger partial charge in [-0.1, -0.05) is 19.3 Å². The number of fused-ring (bicyclic) bond motifs is 1. The number of carbonyl (C=O) groups is 1. The third kappa shape index (κ3) is 2.89. The predicted octanol–water partition coefficient (Wildman–Crippen LogP) is 2.36. The highest BCUT2D eigenvalue weighted by Crippen LogP contribution is 2.28. The Morgan fingerprint density at radius 2 is 2.12 bits per heavy atom. The summed E-state index contributed by atoms with van der Waals surface area (Å²) in [6, 6.07) is 5.93. The van der Waals surface area contributed by atoms with Gasteiger partial charge >= 0.3 is 0 Å². The van der Waals surface area contributed by atoms with E-state index in [1.165, 1.54) is 19.3 Å². The lowest BCUT2D eigenvalue weighted by atomic mass is 9.95. The molecule has 1 aliphatic carbocycles. The Bertz CT molecular complexity index is 846. The van der Waals surface area contributed by atoms with Crippen LogP contribution < -0.4 is 5.32 Å². The number of rotatable bonds is 4. The lowest BCUT2D eigenvalue weighted by Gasteiger charge is -2.24. The standard InChI is InChI=1S/C17H20N6O/c24-17(13-7-9-23-15(10-13)6-8-20-23)18-11-16-21-19-12-22(16)14-4-2-1-3-5-14/h6-10,12,14H,1-5,11H2,(H,18,24). The van der Waals surface area contributed by atoms with Crippen molar-refractivity contribution in [3.8, 4) is 0 Å². The van der Waals surface area contributed by atoms with Gasteiger partial charge in [-0.3, -0.25) is 4.79 Å². The maximum atomic E-state index is 12.4. The molecule has 1 aliphatic rings. The van der Waals surface area contributed by atoms with E-state index >= 15 is 0 Å². The first-order valence-electron chi connectivity index (χ1n) is 8.41. The molecule has 0 spiro atoms. The second-order valence-corrected chi connectivity index (χ2v) is 6.25. The molecule has 3 aromatic heterocycles. The fourth-order valence-electron chi connectivity index (χ4n) is 3.38. The van der Waals surface area contributed by atoms with Crippen LogP contribution >= 0.6 is 0 Å². The van der Waals surface area contributed by atoms with Crippen LogP contribution in [0, 0.1) is 0 Å². The summed E-state index contributed by atoms with van der Waals surface area (Å²) in [5, 5.41) is 15.3. The molecule has 1 fully saturated rings. The van der Waals surface area contributed by atoms with Crippen molar-refractivity contribution in [3.63, 3.8) is 0 Å². The van der Waals surface area contributed by atoms with Gasteiger partial charge in [0.05, 0.1) is 12.1 Å². The molecule has 24 heavy (non-hydrogen) atoms. The number of carbonyl (C=O) groups excluding carboxylic acids is 1. The minimum absolute atomic E-state index is 0.114. The van der Waals surface area contributed by atoms with Crippen molar-refractivity contribution in [1.82, 2.24) is 29.7 Å². The van der Waals surface area contributed by atoms with Crippen LogP contribution in [0.25, 0.3) is 5.52 Å². The van der Waals surface area contributed by atoms with E-state index in [9.17, 15) is 4.79 Å². The number of nitrogens with one attached hydrogen (secondary N) is 1. The fraction of sp³-hybridized carbons (Fsp3) is 0.412. The van der Waals surface area contributed by atoms with Crippen LogP contribution in [0.2, 0.25) is 0 Å². The molecule has 1 N–H and O–H groups in total. The second kappa shape index (κ2) is 6.43. The van der Waals surface area contributed by atoms with Crippen molar-refractivity contribution < 1.29 is 4.79 Å². The van der Waals surface area contributed by atoms with E-state index < -0.39 is 0 Å². The van der Waals surface area contributed by atoms with Crippen LogP contribution in [-0.2, 0) is 6.54 Å². The zero-order chi connectivity index (χ0) is 16.4. The number of nitrogens with zero attached hydrogens (tertiary/aromatic N) is 5. The quantitative estimate of drug-likeness (QED) is 0.799. The maximum Gasteiger partial charge on any atom is 0.251 e. The van der Waals surface area contributed by atoms with Crippen molar-refractivity contribution in [3.05, 3.63) is 48.3 Å². The van der Waals surface area contributed by atoms with Gasteiger partial charge in [-0.15, -0.1) is 10.2 Å². The molecule has 0 saturated heterocycles. The molecule has 0 radical (unpaired) electrons. The molecule has 0 atom stereocenters. The molecular formula is C17H20N6O. The molecule has 1 amide bonds. The molecule has 7 heteroatoms. The highest BCUT2D eigenvalue weighted by atomic mass is 16.1. The first-order valence-corrected chi connectivity index (χ1v) is 8.41. The van der Waals surface area contributed by atoms with Gasteiger partial charge in [0.25, 0.3) is 5.91 Å². The summed E-state index contributed by atoms with van der Waals surface area (Å²) in [4.78, 5) is 12.4. The Kier molecular flexibility index (Phi) is 3.98. The van der Waals surface area contributed by atoms with Crippen LogP contribution in [0.5, 0.6) is 0 Å². The van der Waals surface area contributed by atoms with Crippen molar-refractivity contribution >= 4 is 11.4 Å². The number of hydrogen-bond donors (Lipinski definition) is 1. The van der Waals surface area contributed by atoms with Crippen LogP contribution in [0.4, 0.5) is 0 Å². The predicted molar refractivity (Wildman–Crippen MR) is 88.5 cm³/mol. The van der Waals surface area contributed by atoms with Crippen LogP contribution in [0.3, 0.4) is 0 Å². The Labute approximate surface area is 139 Å². The Hall–Kier alpha value is -2.70. The summed E-state index contributed by atoms with van der Waals surface area (Å²) < 4.78 is 3.86. The van der Waals surface area contributed by atoms with E-state index in [-0.39, 0.29) is 5.91 Å². The van der Waals surface area contributed by atoms with Crippen molar-refractivity contribution in [2.24, 2.45) is 0 Å². The van der Waals surface area contributed by atoms with Gasteiger partial charge in [-0.2, -0.15) is 5.10 Å². The summed E-state index contributed by atoms with van der Waals surface area (Å²) in [6.07, 6.45) is 11.4. The van der Waals surface area contributed by atoms with E-state index in [0.717, 1.165) is 24.2 Å². The summed E-state index contributed by atoms with van der Waals surface area (Å²) in [6.45, 7) is 0.389. The second-order valence-electron chi connectivity index (χ2n) is 6.25. The van der Waals surface area contributed by atoms with Gasteiger partial charge in [-0.25, -0.2) is 4.52 Å². The molecule has 0 unspecified atom stereocenters. The van der Waals surface area contributed by atoms with E-state index in [1.54, 1.807) is 29.3 Å².